The first-order valence-electron chi connectivity index (χ1n) is 6.47. The molecule has 0 spiro atoms. The molecule has 0 amide bonds. The van der Waals surface area contributed by atoms with Crippen molar-refractivity contribution in [1.82, 2.24) is 4.90 Å². The van der Waals surface area contributed by atoms with Gasteiger partial charge in [-0.1, -0.05) is 26.7 Å². The third kappa shape index (κ3) is 4.40. The maximum Gasteiger partial charge on any atom is 0.169 e. The van der Waals surface area contributed by atoms with E-state index < -0.39 is 0 Å². The van der Waals surface area contributed by atoms with E-state index in [9.17, 15) is 0 Å². The van der Waals surface area contributed by atoms with Gasteiger partial charge in [0.1, 0.15) is 0 Å². The highest BCUT2D eigenvalue weighted by molar-refractivity contribution is 4.78. The SMILES string of the molecule is COC(CN(CC(C)C)C1CCCC1)OC. The summed E-state index contributed by atoms with van der Waals surface area (Å²) in [6.07, 6.45) is 5.35. The fourth-order valence-corrected chi connectivity index (χ4v) is 2.55. The molecule has 1 rings (SSSR count). The first kappa shape index (κ1) is 13.9. The molecule has 3 heteroatoms. The molecule has 0 saturated heterocycles. The van der Waals surface area contributed by atoms with E-state index in [1.807, 2.05) is 0 Å². The van der Waals surface area contributed by atoms with E-state index in [0.717, 1.165) is 19.1 Å². The van der Waals surface area contributed by atoms with Crippen LogP contribution in [0.3, 0.4) is 0 Å². The largest absolute Gasteiger partial charge is 0.355 e. The van der Waals surface area contributed by atoms with Gasteiger partial charge in [-0.25, -0.2) is 0 Å². The Morgan fingerprint density at radius 3 is 2.06 bits per heavy atom. The molecular formula is C13H27NO2. The number of nitrogens with zero attached hydrogens (tertiary/aromatic N) is 1. The summed E-state index contributed by atoms with van der Waals surface area (Å²) < 4.78 is 10.6. The van der Waals surface area contributed by atoms with Crippen LogP contribution in [0, 0.1) is 5.92 Å². The summed E-state index contributed by atoms with van der Waals surface area (Å²) in [7, 11) is 3.44. The van der Waals surface area contributed by atoms with Gasteiger partial charge >= 0.3 is 0 Å². The van der Waals surface area contributed by atoms with Crippen LogP contribution in [0.5, 0.6) is 0 Å². The average Bonchev–Trinajstić information content (AvgIpc) is 2.76. The summed E-state index contributed by atoms with van der Waals surface area (Å²) in [5, 5.41) is 0. The molecule has 1 fully saturated rings. The Morgan fingerprint density at radius 2 is 1.62 bits per heavy atom. The predicted molar refractivity (Wildman–Crippen MR) is 66.5 cm³/mol. The van der Waals surface area contributed by atoms with Crippen LogP contribution in [0.25, 0.3) is 0 Å². The van der Waals surface area contributed by atoms with Crippen LogP contribution in [-0.4, -0.2) is 44.5 Å². The van der Waals surface area contributed by atoms with Gasteiger partial charge in [0, 0.05) is 33.4 Å². The maximum absolute atomic E-state index is 5.31. The second-order valence-electron chi connectivity index (χ2n) is 5.19. The van der Waals surface area contributed by atoms with Gasteiger partial charge < -0.3 is 9.47 Å². The molecule has 16 heavy (non-hydrogen) atoms. The summed E-state index contributed by atoms with van der Waals surface area (Å²) in [6.45, 7) is 6.59. The third-order valence-corrected chi connectivity index (χ3v) is 3.35. The number of hydrogen-bond acceptors (Lipinski definition) is 3. The van der Waals surface area contributed by atoms with Crippen molar-refractivity contribution in [3.8, 4) is 0 Å². The molecule has 0 aromatic heterocycles. The third-order valence-electron chi connectivity index (χ3n) is 3.35. The van der Waals surface area contributed by atoms with E-state index in [1.54, 1.807) is 14.2 Å². The molecule has 0 radical (unpaired) electrons. The molecule has 1 aliphatic carbocycles. The Hall–Kier alpha value is -0.120. The van der Waals surface area contributed by atoms with Gasteiger partial charge in [0.25, 0.3) is 0 Å². The van der Waals surface area contributed by atoms with Gasteiger partial charge in [-0.05, 0) is 18.8 Å². The van der Waals surface area contributed by atoms with Crippen LogP contribution < -0.4 is 0 Å². The van der Waals surface area contributed by atoms with Crippen LogP contribution in [-0.2, 0) is 9.47 Å². The highest BCUT2D eigenvalue weighted by atomic mass is 16.7. The zero-order chi connectivity index (χ0) is 12.0. The Labute approximate surface area is 100 Å². The summed E-state index contributed by atoms with van der Waals surface area (Å²) in [5.41, 5.74) is 0. The van der Waals surface area contributed by atoms with E-state index in [4.69, 9.17) is 9.47 Å². The topological polar surface area (TPSA) is 21.7 Å². The van der Waals surface area contributed by atoms with Gasteiger partial charge in [0.2, 0.25) is 0 Å². The van der Waals surface area contributed by atoms with Gasteiger partial charge in [-0.3, -0.25) is 4.90 Å². The van der Waals surface area contributed by atoms with Crippen molar-refractivity contribution in [2.75, 3.05) is 27.3 Å². The fourth-order valence-electron chi connectivity index (χ4n) is 2.55. The molecule has 0 unspecified atom stereocenters. The van der Waals surface area contributed by atoms with E-state index in [-0.39, 0.29) is 6.29 Å². The normalized spacial score (nSPS) is 18.2. The van der Waals surface area contributed by atoms with Crippen LogP contribution in [0.15, 0.2) is 0 Å². The lowest BCUT2D eigenvalue weighted by Crippen LogP contribution is -2.42. The predicted octanol–water partition coefficient (Wildman–Crippen LogP) is 2.51. The monoisotopic (exact) mass is 229 g/mol. The molecule has 3 nitrogen and oxygen atoms in total. The van der Waals surface area contributed by atoms with Crippen molar-refractivity contribution >= 4 is 0 Å². The summed E-state index contributed by atoms with van der Waals surface area (Å²) >= 11 is 0. The fraction of sp³-hybridized carbons (Fsp3) is 1.00. The molecule has 0 N–H and O–H groups in total. The van der Waals surface area contributed by atoms with E-state index >= 15 is 0 Å². The van der Waals surface area contributed by atoms with Crippen LogP contribution in [0.1, 0.15) is 39.5 Å². The lowest BCUT2D eigenvalue weighted by atomic mass is 10.1. The molecule has 1 aliphatic rings. The number of rotatable bonds is 7. The summed E-state index contributed by atoms with van der Waals surface area (Å²) in [4.78, 5) is 2.55. The minimum absolute atomic E-state index is 0.0839. The van der Waals surface area contributed by atoms with E-state index in [2.05, 4.69) is 18.7 Å². The quantitative estimate of drug-likeness (QED) is 0.626. The zero-order valence-electron chi connectivity index (χ0n) is 11.2. The molecule has 0 aromatic carbocycles. The highest BCUT2D eigenvalue weighted by Gasteiger charge is 2.25. The van der Waals surface area contributed by atoms with Crippen LogP contribution in [0.4, 0.5) is 0 Å². The number of methoxy groups -OCH3 is 2. The average molecular weight is 229 g/mol. The smallest absolute Gasteiger partial charge is 0.169 e. The van der Waals surface area contributed by atoms with Crippen molar-refractivity contribution in [2.45, 2.75) is 51.9 Å². The highest BCUT2D eigenvalue weighted by Crippen LogP contribution is 2.24. The van der Waals surface area contributed by atoms with Crippen LogP contribution >= 0.6 is 0 Å². The Kier molecular flexibility index (Phi) is 6.32. The molecule has 0 aliphatic heterocycles. The van der Waals surface area contributed by atoms with Crippen molar-refractivity contribution in [1.29, 1.82) is 0 Å². The Balaban J connectivity index is 2.48. The minimum atomic E-state index is -0.0839. The second-order valence-corrected chi connectivity index (χ2v) is 5.19. The van der Waals surface area contributed by atoms with E-state index in [0.29, 0.717) is 5.92 Å². The molecule has 0 heterocycles. The molecule has 0 atom stereocenters. The summed E-state index contributed by atoms with van der Waals surface area (Å²) in [6, 6.07) is 0.746. The van der Waals surface area contributed by atoms with E-state index in [1.165, 1.54) is 25.7 Å². The standard InChI is InChI=1S/C13H27NO2/c1-11(2)9-14(10-13(15-3)16-4)12-7-5-6-8-12/h11-13H,5-10H2,1-4H3. The van der Waals surface area contributed by atoms with Crippen molar-refractivity contribution in [3.05, 3.63) is 0 Å². The first-order chi connectivity index (χ1) is 7.67. The molecule has 0 bridgehead atoms. The zero-order valence-corrected chi connectivity index (χ0v) is 11.2. The summed E-state index contributed by atoms with van der Waals surface area (Å²) in [5.74, 6) is 0.704. The molecule has 96 valence electrons. The Morgan fingerprint density at radius 1 is 1.06 bits per heavy atom. The van der Waals surface area contributed by atoms with Gasteiger partial charge in [-0.2, -0.15) is 0 Å². The lowest BCUT2D eigenvalue weighted by molar-refractivity contribution is -0.121. The second kappa shape index (κ2) is 7.25. The van der Waals surface area contributed by atoms with Crippen molar-refractivity contribution in [3.63, 3.8) is 0 Å². The Bertz CT molecular complexity index is 175. The molecule has 0 aromatic rings. The maximum atomic E-state index is 5.31. The first-order valence-corrected chi connectivity index (χ1v) is 6.47. The molecular weight excluding hydrogens is 202 g/mol. The number of hydrogen-bond donors (Lipinski definition) is 0. The van der Waals surface area contributed by atoms with Crippen molar-refractivity contribution in [2.24, 2.45) is 5.92 Å². The molecule has 1 saturated carbocycles. The number of ether oxygens (including phenoxy) is 2. The lowest BCUT2D eigenvalue weighted by Gasteiger charge is -2.32. The van der Waals surface area contributed by atoms with Gasteiger partial charge in [-0.15, -0.1) is 0 Å². The van der Waals surface area contributed by atoms with Gasteiger partial charge in [0.15, 0.2) is 6.29 Å². The van der Waals surface area contributed by atoms with Crippen LogP contribution in [0.2, 0.25) is 0 Å². The van der Waals surface area contributed by atoms with Gasteiger partial charge in [0.05, 0.1) is 0 Å². The minimum Gasteiger partial charge on any atom is -0.355 e. The van der Waals surface area contributed by atoms with Crippen molar-refractivity contribution < 1.29 is 9.47 Å².